The number of carbonyl (C=O) groups is 3. The maximum atomic E-state index is 12.5. The van der Waals surface area contributed by atoms with E-state index in [9.17, 15) is 14.4 Å². The van der Waals surface area contributed by atoms with Crippen LogP contribution in [0.4, 0.5) is 11.4 Å². The topological polar surface area (TPSA) is 99.7 Å². The Morgan fingerprint density at radius 3 is 2.17 bits per heavy atom. The van der Waals surface area contributed by atoms with E-state index in [2.05, 4.69) is 21.2 Å². The molecule has 8 heteroatoms. The number of hydrogen-bond acceptors (Lipinski definition) is 4. The third-order valence-corrected chi connectivity index (χ3v) is 4.16. The molecule has 7 nitrogen and oxygen atoms in total. The molecule has 0 radical (unpaired) electrons. The quantitative estimate of drug-likeness (QED) is 0.333. The standard InChI is InChI=1S/C22H17ClN4O3/c23-16-12-10-15(11-13-16)14-24-27-22(30)21(29)26-19-9-5-4-8-18(19)20(28)25-17-6-2-1-3-7-17/h1-14H,(H,25,28)(H,26,29)(H,27,30). The summed E-state index contributed by atoms with van der Waals surface area (Å²) in [7, 11) is 0. The molecule has 0 aliphatic rings. The number of benzene rings is 3. The fourth-order valence-electron chi connectivity index (χ4n) is 2.45. The molecule has 0 aromatic heterocycles. The molecule has 0 unspecified atom stereocenters. The number of halogens is 1. The highest BCUT2D eigenvalue weighted by Gasteiger charge is 2.17. The van der Waals surface area contributed by atoms with E-state index in [0.29, 0.717) is 16.3 Å². The van der Waals surface area contributed by atoms with Gasteiger partial charge in [0.15, 0.2) is 0 Å². The van der Waals surface area contributed by atoms with Crippen molar-refractivity contribution in [2.24, 2.45) is 5.10 Å². The molecule has 3 rings (SSSR count). The number of hydrazone groups is 1. The molecule has 0 aliphatic carbocycles. The zero-order valence-electron chi connectivity index (χ0n) is 15.6. The van der Waals surface area contributed by atoms with Crippen molar-refractivity contribution in [3.8, 4) is 0 Å². The van der Waals surface area contributed by atoms with Gasteiger partial charge >= 0.3 is 11.8 Å². The first-order valence-corrected chi connectivity index (χ1v) is 9.26. The summed E-state index contributed by atoms with van der Waals surface area (Å²) in [5, 5.41) is 9.48. The number of nitrogens with zero attached hydrogens (tertiary/aromatic N) is 1. The minimum atomic E-state index is -0.974. The van der Waals surface area contributed by atoms with Crippen molar-refractivity contribution in [2.75, 3.05) is 10.6 Å². The lowest BCUT2D eigenvalue weighted by Gasteiger charge is -2.11. The van der Waals surface area contributed by atoms with Gasteiger partial charge in [0.05, 0.1) is 17.5 Å². The van der Waals surface area contributed by atoms with Crippen molar-refractivity contribution in [3.05, 3.63) is 95.0 Å². The first-order chi connectivity index (χ1) is 14.5. The highest BCUT2D eigenvalue weighted by Crippen LogP contribution is 2.17. The summed E-state index contributed by atoms with van der Waals surface area (Å²) in [6.07, 6.45) is 1.38. The molecule has 3 aromatic carbocycles. The van der Waals surface area contributed by atoms with Gasteiger partial charge in [-0.3, -0.25) is 14.4 Å². The second-order valence-corrected chi connectivity index (χ2v) is 6.51. The second kappa shape index (κ2) is 9.99. The molecular weight excluding hydrogens is 404 g/mol. The Hall–Kier alpha value is -3.97. The van der Waals surface area contributed by atoms with E-state index in [-0.39, 0.29) is 11.3 Å². The highest BCUT2D eigenvalue weighted by molar-refractivity contribution is 6.40. The van der Waals surface area contributed by atoms with Crippen LogP contribution >= 0.6 is 11.6 Å². The number of anilines is 2. The van der Waals surface area contributed by atoms with Crippen molar-refractivity contribution in [2.45, 2.75) is 0 Å². The molecule has 30 heavy (non-hydrogen) atoms. The van der Waals surface area contributed by atoms with Crippen LogP contribution in [0.1, 0.15) is 15.9 Å². The molecule has 0 spiro atoms. The van der Waals surface area contributed by atoms with Gasteiger partial charge in [0.2, 0.25) is 0 Å². The molecule has 3 amide bonds. The monoisotopic (exact) mass is 420 g/mol. The fraction of sp³-hybridized carbons (Fsp3) is 0. The summed E-state index contributed by atoms with van der Waals surface area (Å²) in [4.78, 5) is 36.7. The molecule has 0 saturated heterocycles. The summed E-state index contributed by atoms with van der Waals surface area (Å²) < 4.78 is 0. The summed E-state index contributed by atoms with van der Waals surface area (Å²) in [5.41, 5.74) is 3.86. The predicted octanol–water partition coefficient (Wildman–Crippen LogP) is 3.68. The van der Waals surface area contributed by atoms with Crippen LogP contribution in [-0.4, -0.2) is 23.9 Å². The molecule has 0 bridgehead atoms. The smallest absolute Gasteiger partial charge is 0.322 e. The fourth-order valence-corrected chi connectivity index (χ4v) is 2.58. The summed E-state index contributed by atoms with van der Waals surface area (Å²) in [5.74, 6) is -2.35. The van der Waals surface area contributed by atoms with Gasteiger partial charge in [0.1, 0.15) is 0 Å². The minimum absolute atomic E-state index is 0.202. The van der Waals surface area contributed by atoms with Crippen molar-refractivity contribution in [1.29, 1.82) is 0 Å². The van der Waals surface area contributed by atoms with E-state index in [4.69, 9.17) is 11.6 Å². The van der Waals surface area contributed by atoms with Gasteiger partial charge in [-0.15, -0.1) is 0 Å². The van der Waals surface area contributed by atoms with Gasteiger partial charge in [-0.2, -0.15) is 5.10 Å². The van der Waals surface area contributed by atoms with Gasteiger partial charge < -0.3 is 10.6 Å². The number of nitrogens with one attached hydrogen (secondary N) is 3. The Kier molecular flexibility index (Phi) is 6.91. The molecule has 0 aliphatic heterocycles. The van der Waals surface area contributed by atoms with E-state index in [1.54, 1.807) is 66.7 Å². The first kappa shape index (κ1) is 20.8. The van der Waals surface area contributed by atoms with E-state index in [1.165, 1.54) is 12.3 Å². The second-order valence-electron chi connectivity index (χ2n) is 6.07. The molecule has 150 valence electrons. The van der Waals surface area contributed by atoms with Crippen LogP contribution in [0.3, 0.4) is 0 Å². The lowest BCUT2D eigenvalue weighted by atomic mass is 10.1. The third-order valence-electron chi connectivity index (χ3n) is 3.91. The number of rotatable bonds is 5. The third kappa shape index (κ3) is 5.76. The minimum Gasteiger partial charge on any atom is -0.322 e. The van der Waals surface area contributed by atoms with Crippen LogP contribution in [0.25, 0.3) is 0 Å². The average molecular weight is 421 g/mol. The summed E-state index contributed by atoms with van der Waals surface area (Å²) in [6, 6.07) is 22.0. The van der Waals surface area contributed by atoms with Crippen molar-refractivity contribution >= 4 is 46.9 Å². The molecular formula is C22H17ClN4O3. The molecule has 0 fully saturated rings. The largest absolute Gasteiger partial charge is 0.329 e. The highest BCUT2D eigenvalue weighted by atomic mass is 35.5. The zero-order valence-corrected chi connectivity index (χ0v) is 16.4. The van der Waals surface area contributed by atoms with Crippen LogP contribution < -0.4 is 16.1 Å². The van der Waals surface area contributed by atoms with Crippen molar-refractivity contribution in [1.82, 2.24) is 5.43 Å². The normalized spacial score (nSPS) is 10.4. The van der Waals surface area contributed by atoms with Gasteiger partial charge in [-0.1, -0.05) is 54.1 Å². The Morgan fingerprint density at radius 1 is 0.767 bits per heavy atom. The molecule has 3 aromatic rings. The molecule has 3 N–H and O–H groups in total. The maximum Gasteiger partial charge on any atom is 0.329 e. The number of amides is 3. The Labute approximate surface area is 177 Å². The van der Waals surface area contributed by atoms with Gasteiger partial charge in [0, 0.05) is 10.7 Å². The predicted molar refractivity (Wildman–Crippen MR) is 117 cm³/mol. The van der Waals surface area contributed by atoms with E-state index >= 15 is 0 Å². The van der Waals surface area contributed by atoms with Gasteiger partial charge in [-0.25, -0.2) is 5.43 Å². The number of hydrogen-bond donors (Lipinski definition) is 3. The zero-order chi connectivity index (χ0) is 21.3. The Balaban J connectivity index is 1.62. The van der Waals surface area contributed by atoms with E-state index in [1.807, 2.05) is 6.07 Å². The van der Waals surface area contributed by atoms with Crippen LogP contribution in [0, 0.1) is 0 Å². The van der Waals surface area contributed by atoms with Crippen molar-refractivity contribution < 1.29 is 14.4 Å². The number of carbonyl (C=O) groups excluding carboxylic acids is 3. The van der Waals surface area contributed by atoms with E-state index < -0.39 is 17.7 Å². The Bertz CT molecular complexity index is 1080. The molecule has 0 atom stereocenters. The van der Waals surface area contributed by atoms with Crippen molar-refractivity contribution in [3.63, 3.8) is 0 Å². The number of para-hydroxylation sites is 2. The Morgan fingerprint density at radius 2 is 1.43 bits per heavy atom. The van der Waals surface area contributed by atoms with Crippen LogP contribution in [0.2, 0.25) is 5.02 Å². The maximum absolute atomic E-state index is 12.5. The first-order valence-electron chi connectivity index (χ1n) is 8.88. The van der Waals surface area contributed by atoms with Gasteiger partial charge in [-0.05, 0) is 42.0 Å². The van der Waals surface area contributed by atoms with Crippen LogP contribution in [0.15, 0.2) is 84.0 Å². The summed E-state index contributed by atoms with van der Waals surface area (Å²) >= 11 is 5.80. The lowest BCUT2D eigenvalue weighted by Crippen LogP contribution is -2.33. The van der Waals surface area contributed by atoms with Crippen LogP contribution in [0.5, 0.6) is 0 Å². The molecule has 0 heterocycles. The molecule has 0 saturated carbocycles. The average Bonchev–Trinajstić information content (AvgIpc) is 2.76. The van der Waals surface area contributed by atoms with Crippen LogP contribution in [-0.2, 0) is 9.59 Å². The SMILES string of the molecule is O=C(NN=Cc1ccc(Cl)cc1)C(=O)Nc1ccccc1C(=O)Nc1ccccc1. The lowest BCUT2D eigenvalue weighted by molar-refractivity contribution is -0.136. The van der Waals surface area contributed by atoms with Gasteiger partial charge in [0.25, 0.3) is 5.91 Å². The van der Waals surface area contributed by atoms with E-state index in [0.717, 1.165) is 0 Å². The summed E-state index contributed by atoms with van der Waals surface area (Å²) in [6.45, 7) is 0.